The third kappa shape index (κ3) is 3.05. The van der Waals surface area contributed by atoms with Gasteiger partial charge in [0.1, 0.15) is 11.3 Å². The van der Waals surface area contributed by atoms with Crippen LogP contribution in [0.25, 0.3) is 16.9 Å². The second-order valence-electron chi connectivity index (χ2n) is 6.48. The average Bonchev–Trinajstić information content (AvgIpc) is 3.30. The number of halogens is 2. The molecule has 0 atom stereocenters. The fourth-order valence-electron chi connectivity index (χ4n) is 3.39. The zero-order valence-corrected chi connectivity index (χ0v) is 14.0. The highest BCUT2D eigenvalue weighted by molar-refractivity contribution is 6.00. The summed E-state index contributed by atoms with van der Waals surface area (Å²) in [5.74, 6) is -0.315. The lowest BCUT2D eigenvalue weighted by Gasteiger charge is -2.11. The number of aromatic nitrogens is 3. The molecule has 2 heterocycles. The molecule has 134 valence electrons. The molecule has 4 rings (SSSR count). The van der Waals surface area contributed by atoms with E-state index < -0.39 is 6.43 Å². The van der Waals surface area contributed by atoms with E-state index in [4.69, 9.17) is 0 Å². The minimum absolute atomic E-state index is 0.129. The molecule has 0 unspecified atom stereocenters. The highest BCUT2D eigenvalue weighted by atomic mass is 19.3. The van der Waals surface area contributed by atoms with Crippen LogP contribution in [0, 0.1) is 0 Å². The third-order valence-electron chi connectivity index (χ3n) is 4.73. The highest BCUT2D eigenvalue weighted by Gasteiger charge is 2.24. The van der Waals surface area contributed by atoms with E-state index in [-0.39, 0.29) is 28.9 Å². The van der Waals surface area contributed by atoms with Crippen LogP contribution >= 0.6 is 0 Å². The van der Waals surface area contributed by atoms with Crippen molar-refractivity contribution in [3.63, 3.8) is 0 Å². The van der Waals surface area contributed by atoms with Crippen molar-refractivity contribution in [2.75, 3.05) is 0 Å². The zero-order valence-electron chi connectivity index (χ0n) is 14.0. The van der Waals surface area contributed by atoms with Gasteiger partial charge in [-0.25, -0.2) is 18.3 Å². The number of amides is 1. The molecule has 7 heteroatoms. The van der Waals surface area contributed by atoms with Gasteiger partial charge >= 0.3 is 0 Å². The van der Waals surface area contributed by atoms with Gasteiger partial charge in [0, 0.05) is 11.6 Å². The molecule has 1 N–H and O–H groups in total. The molecule has 0 aliphatic heterocycles. The second kappa shape index (κ2) is 6.82. The first-order chi connectivity index (χ1) is 12.6. The summed E-state index contributed by atoms with van der Waals surface area (Å²) in [4.78, 5) is 17.1. The van der Waals surface area contributed by atoms with Gasteiger partial charge in [0.05, 0.1) is 11.9 Å². The fourth-order valence-corrected chi connectivity index (χ4v) is 3.39. The predicted molar refractivity (Wildman–Crippen MR) is 93.1 cm³/mol. The van der Waals surface area contributed by atoms with Gasteiger partial charge in [-0.1, -0.05) is 43.2 Å². The first kappa shape index (κ1) is 16.6. The lowest BCUT2D eigenvalue weighted by molar-refractivity contribution is 0.0939. The summed E-state index contributed by atoms with van der Waals surface area (Å²) in [7, 11) is 0. The Kier molecular flexibility index (Phi) is 4.36. The van der Waals surface area contributed by atoms with Crippen LogP contribution in [0.2, 0.25) is 0 Å². The Bertz CT molecular complexity index is 933. The summed E-state index contributed by atoms with van der Waals surface area (Å²) < 4.78 is 28.1. The predicted octanol–water partition coefficient (Wildman–Crippen LogP) is 4.01. The SMILES string of the molecule is O=C(NC1CCCC1)c1cnn2c(C(F)F)cc(-c3ccccc3)nc12. The third-order valence-corrected chi connectivity index (χ3v) is 4.73. The Balaban J connectivity index is 1.79. The van der Waals surface area contributed by atoms with Crippen molar-refractivity contribution in [1.82, 2.24) is 19.9 Å². The summed E-state index contributed by atoms with van der Waals surface area (Å²) in [6.07, 6.45) is 2.64. The van der Waals surface area contributed by atoms with Crippen molar-refractivity contribution in [3.8, 4) is 11.3 Å². The molecule has 1 saturated carbocycles. The smallest absolute Gasteiger partial charge is 0.280 e. The van der Waals surface area contributed by atoms with Crippen LogP contribution in [0.4, 0.5) is 8.78 Å². The van der Waals surface area contributed by atoms with Gasteiger partial charge in [-0.2, -0.15) is 5.10 Å². The monoisotopic (exact) mass is 356 g/mol. The maximum atomic E-state index is 13.5. The minimum atomic E-state index is -2.73. The number of alkyl halides is 2. The Morgan fingerprint density at radius 3 is 2.62 bits per heavy atom. The van der Waals surface area contributed by atoms with Gasteiger partial charge in [0.15, 0.2) is 5.65 Å². The number of benzene rings is 1. The van der Waals surface area contributed by atoms with Crippen LogP contribution in [0.15, 0.2) is 42.6 Å². The minimum Gasteiger partial charge on any atom is -0.349 e. The van der Waals surface area contributed by atoms with E-state index in [9.17, 15) is 13.6 Å². The van der Waals surface area contributed by atoms with Gasteiger partial charge in [0.2, 0.25) is 0 Å². The summed E-state index contributed by atoms with van der Waals surface area (Å²) in [5.41, 5.74) is 1.19. The standard InChI is InChI=1S/C19H18F2N4O/c20-17(21)16-10-15(12-6-2-1-3-7-12)24-18-14(11-22-25(16)18)19(26)23-13-8-4-5-9-13/h1-3,6-7,10-11,13,17H,4-5,8-9H2,(H,23,26). The van der Waals surface area contributed by atoms with Gasteiger partial charge < -0.3 is 5.32 Å². The Labute approximate surface area is 149 Å². The van der Waals surface area contributed by atoms with Gasteiger partial charge in [0.25, 0.3) is 12.3 Å². The quantitative estimate of drug-likeness (QED) is 0.768. The molecule has 2 aromatic heterocycles. The lowest BCUT2D eigenvalue weighted by atomic mass is 10.1. The zero-order chi connectivity index (χ0) is 18.1. The van der Waals surface area contributed by atoms with E-state index in [2.05, 4.69) is 15.4 Å². The summed E-state index contributed by atoms with van der Waals surface area (Å²) in [6, 6.07) is 10.5. The molecule has 26 heavy (non-hydrogen) atoms. The Morgan fingerprint density at radius 2 is 1.92 bits per heavy atom. The Morgan fingerprint density at radius 1 is 1.19 bits per heavy atom. The molecule has 5 nitrogen and oxygen atoms in total. The molecule has 0 spiro atoms. The molecule has 3 aromatic rings. The van der Waals surface area contributed by atoms with Crippen molar-refractivity contribution in [1.29, 1.82) is 0 Å². The van der Waals surface area contributed by atoms with Crippen LogP contribution in [-0.2, 0) is 0 Å². The van der Waals surface area contributed by atoms with Crippen LogP contribution in [0.5, 0.6) is 0 Å². The van der Waals surface area contributed by atoms with E-state index in [0.717, 1.165) is 30.2 Å². The van der Waals surface area contributed by atoms with Crippen molar-refractivity contribution < 1.29 is 13.6 Å². The van der Waals surface area contributed by atoms with Crippen LogP contribution in [-0.4, -0.2) is 26.5 Å². The molecule has 1 aliphatic carbocycles. The first-order valence-corrected chi connectivity index (χ1v) is 8.66. The molecule has 0 bridgehead atoms. The Hall–Kier alpha value is -2.83. The molecular weight excluding hydrogens is 338 g/mol. The molecular formula is C19H18F2N4O. The highest BCUT2D eigenvalue weighted by Crippen LogP contribution is 2.27. The number of carbonyl (C=O) groups is 1. The number of hydrogen-bond acceptors (Lipinski definition) is 3. The lowest BCUT2D eigenvalue weighted by Crippen LogP contribution is -2.32. The summed E-state index contributed by atoms with van der Waals surface area (Å²) in [5, 5.41) is 6.95. The summed E-state index contributed by atoms with van der Waals surface area (Å²) >= 11 is 0. The largest absolute Gasteiger partial charge is 0.349 e. The van der Waals surface area contributed by atoms with Gasteiger partial charge in [-0.05, 0) is 18.9 Å². The fraction of sp³-hybridized carbons (Fsp3) is 0.316. The maximum absolute atomic E-state index is 13.5. The first-order valence-electron chi connectivity index (χ1n) is 8.66. The van der Waals surface area contributed by atoms with Crippen LogP contribution < -0.4 is 5.32 Å². The maximum Gasteiger partial charge on any atom is 0.280 e. The topological polar surface area (TPSA) is 59.3 Å². The van der Waals surface area contributed by atoms with E-state index >= 15 is 0 Å². The molecule has 1 fully saturated rings. The molecule has 1 aromatic carbocycles. The van der Waals surface area contributed by atoms with E-state index in [1.807, 2.05) is 18.2 Å². The van der Waals surface area contributed by atoms with Gasteiger partial charge in [-0.3, -0.25) is 4.79 Å². The summed E-state index contributed by atoms with van der Waals surface area (Å²) in [6.45, 7) is 0. The molecule has 0 radical (unpaired) electrons. The van der Waals surface area contributed by atoms with Crippen molar-refractivity contribution in [2.24, 2.45) is 0 Å². The number of nitrogens with zero attached hydrogens (tertiary/aromatic N) is 3. The second-order valence-corrected chi connectivity index (χ2v) is 6.48. The average molecular weight is 356 g/mol. The molecule has 0 saturated heterocycles. The van der Waals surface area contributed by atoms with E-state index in [1.54, 1.807) is 12.1 Å². The van der Waals surface area contributed by atoms with Crippen molar-refractivity contribution in [2.45, 2.75) is 38.2 Å². The number of carbonyl (C=O) groups excluding carboxylic acids is 1. The number of hydrogen-bond donors (Lipinski definition) is 1. The van der Waals surface area contributed by atoms with E-state index in [0.29, 0.717) is 11.3 Å². The molecule has 1 aliphatic rings. The van der Waals surface area contributed by atoms with E-state index in [1.165, 1.54) is 12.3 Å². The van der Waals surface area contributed by atoms with Gasteiger partial charge in [-0.15, -0.1) is 0 Å². The number of rotatable bonds is 4. The molecule has 1 amide bonds. The number of nitrogens with one attached hydrogen (secondary N) is 1. The van der Waals surface area contributed by atoms with Crippen molar-refractivity contribution >= 4 is 11.6 Å². The van der Waals surface area contributed by atoms with Crippen LogP contribution in [0.1, 0.15) is 48.2 Å². The van der Waals surface area contributed by atoms with Crippen LogP contribution in [0.3, 0.4) is 0 Å². The van der Waals surface area contributed by atoms with Crippen molar-refractivity contribution in [3.05, 3.63) is 53.9 Å². The number of fused-ring (bicyclic) bond motifs is 1. The normalized spacial score (nSPS) is 15.0.